The number of nitrogens with zero attached hydrogens (tertiary/aromatic N) is 3. The van der Waals surface area contributed by atoms with E-state index in [9.17, 15) is 4.79 Å². The quantitative estimate of drug-likeness (QED) is 0.238. The second-order valence-corrected chi connectivity index (χ2v) is 13.8. The van der Waals surface area contributed by atoms with Crippen molar-refractivity contribution in [3.8, 4) is 0 Å². The highest BCUT2D eigenvalue weighted by Gasteiger charge is 2.27. The second kappa shape index (κ2) is 20.6. The molecule has 1 N–H and O–H groups in total. The number of hydrogen-bond donors (Lipinski definition) is 1. The van der Waals surface area contributed by atoms with Crippen molar-refractivity contribution in [1.29, 1.82) is 0 Å². The Kier molecular flexibility index (Phi) is 17.0. The maximum atomic E-state index is 11.3. The van der Waals surface area contributed by atoms with E-state index in [0.717, 1.165) is 69.1 Å². The van der Waals surface area contributed by atoms with Gasteiger partial charge in [-0.1, -0.05) is 106 Å². The summed E-state index contributed by atoms with van der Waals surface area (Å²) in [6.45, 7) is 19.9. The number of carbonyl (C=O) groups excluding carboxylic acids is 1. The van der Waals surface area contributed by atoms with E-state index in [1.807, 2.05) is 23.1 Å². The summed E-state index contributed by atoms with van der Waals surface area (Å²) in [7, 11) is 2.11. The molecular formula is C41H61ClN4O. The van der Waals surface area contributed by atoms with Crippen molar-refractivity contribution in [1.82, 2.24) is 20.0 Å². The van der Waals surface area contributed by atoms with E-state index >= 15 is 0 Å². The van der Waals surface area contributed by atoms with Crippen LogP contribution in [-0.4, -0.2) is 79.5 Å². The number of hydrogen-bond acceptors (Lipinski definition) is 4. The van der Waals surface area contributed by atoms with Gasteiger partial charge in [0.2, 0.25) is 5.91 Å². The van der Waals surface area contributed by atoms with Crippen LogP contribution in [-0.2, 0) is 24.1 Å². The van der Waals surface area contributed by atoms with Crippen LogP contribution in [0.1, 0.15) is 76.3 Å². The average molecular weight is 661 g/mol. The third kappa shape index (κ3) is 13.0. The zero-order valence-corrected chi connectivity index (χ0v) is 31.0. The molecule has 258 valence electrons. The minimum atomic E-state index is 0.192. The minimum absolute atomic E-state index is 0.192. The number of benzene rings is 3. The van der Waals surface area contributed by atoms with Crippen molar-refractivity contribution >= 4 is 17.5 Å². The Morgan fingerprint density at radius 2 is 1.38 bits per heavy atom. The number of rotatable bonds is 10. The van der Waals surface area contributed by atoms with Crippen LogP contribution in [0.2, 0.25) is 5.02 Å². The largest absolute Gasteiger partial charge is 0.340 e. The lowest BCUT2D eigenvalue weighted by Crippen LogP contribution is -2.48. The fourth-order valence-corrected chi connectivity index (χ4v) is 6.69. The molecule has 47 heavy (non-hydrogen) atoms. The van der Waals surface area contributed by atoms with Crippen molar-refractivity contribution in [3.63, 3.8) is 0 Å². The lowest BCUT2D eigenvalue weighted by atomic mass is 9.74. The van der Waals surface area contributed by atoms with Gasteiger partial charge < -0.3 is 15.1 Å². The molecule has 5 rings (SSSR count). The molecule has 2 aliphatic rings. The van der Waals surface area contributed by atoms with Gasteiger partial charge in [0.05, 0.1) is 0 Å². The van der Waals surface area contributed by atoms with Gasteiger partial charge in [0.25, 0.3) is 0 Å². The van der Waals surface area contributed by atoms with Crippen LogP contribution in [0, 0.1) is 11.8 Å². The smallest absolute Gasteiger partial charge is 0.219 e. The number of halogens is 1. The van der Waals surface area contributed by atoms with E-state index < -0.39 is 0 Å². The maximum Gasteiger partial charge on any atom is 0.219 e. The van der Waals surface area contributed by atoms with Gasteiger partial charge in [-0.15, -0.1) is 0 Å². The van der Waals surface area contributed by atoms with E-state index in [2.05, 4.69) is 117 Å². The van der Waals surface area contributed by atoms with Crippen LogP contribution in [0.3, 0.4) is 0 Å². The molecule has 4 atom stereocenters. The Balaban J connectivity index is 0.000000227. The van der Waals surface area contributed by atoms with Gasteiger partial charge in [-0.25, -0.2) is 0 Å². The molecule has 0 bridgehead atoms. The first kappa shape index (κ1) is 38.7. The van der Waals surface area contributed by atoms with Crippen molar-refractivity contribution < 1.29 is 4.79 Å². The van der Waals surface area contributed by atoms with Crippen LogP contribution >= 0.6 is 11.6 Å². The van der Waals surface area contributed by atoms with Gasteiger partial charge in [-0.05, 0) is 106 Å². The molecular weight excluding hydrogens is 600 g/mol. The highest BCUT2D eigenvalue weighted by Crippen LogP contribution is 2.32. The van der Waals surface area contributed by atoms with Crippen molar-refractivity contribution in [2.75, 3.05) is 52.9 Å². The van der Waals surface area contributed by atoms with Crippen LogP contribution < -0.4 is 5.32 Å². The molecule has 0 saturated carbocycles. The van der Waals surface area contributed by atoms with Crippen LogP contribution in [0.5, 0.6) is 0 Å². The zero-order chi connectivity index (χ0) is 34.2. The predicted octanol–water partition coefficient (Wildman–Crippen LogP) is 8.17. The third-order valence-electron chi connectivity index (χ3n) is 10.1. The first-order valence-corrected chi connectivity index (χ1v) is 18.3. The molecule has 3 aromatic carbocycles. The topological polar surface area (TPSA) is 38.8 Å². The van der Waals surface area contributed by atoms with E-state index in [1.54, 1.807) is 18.1 Å². The Hall–Kier alpha value is -2.70. The van der Waals surface area contributed by atoms with E-state index in [-0.39, 0.29) is 5.91 Å². The SMILES string of the molecule is CC(=O)N1CCN(C(C)c2ccccc2)CC1.CCC1Cc2ccccc2CC1CN[C@@H](C)Cc1ccc(Cl)cc1.CCN(C)CC. The fourth-order valence-electron chi connectivity index (χ4n) is 6.56. The summed E-state index contributed by atoms with van der Waals surface area (Å²) in [6.07, 6.45) is 4.78. The van der Waals surface area contributed by atoms with Gasteiger partial charge in [0, 0.05) is 50.2 Å². The molecule has 1 aliphatic heterocycles. The van der Waals surface area contributed by atoms with Crippen molar-refractivity contribution in [3.05, 3.63) is 106 Å². The normalized spacial score (nSPS) is 19.0. The van der Waals surface area contributed by atoms with E-state index in [1.165, 1.54) is 30.4 Å². The van der Waals surface area contributed by atoms with Gasteiger partial charge in [-0.2, -0.15) is 0 Å². The lowest BCUT2D eigenvalue weighted by Gasteiger charge is -2.37. The highest BCUT2D eigenvalue weighted by molar-refractivity contribution is 6.30. The predicted molar refractivity (Wildman–Crippen MR) is 201 cm³/mol. The van der Waals surface area contributed by atoms with Crippen molar-refractivity contribution in [2.45, 2.75) is 79.3 Å². The Labute approximate surface area is 291 Å². The molecule has 3 unspecified atom stereocenters. The first-order chi connectivity index (χ1) is 22.6. The molecule has 5 nitrogen and oxygen atoms in total. The molecule has 1 amide bonds. The average Bonchev–Trinajstić information content (AvgIpc) is 3.11. The number of nitrogens with one attached hydrogen (secondary N) is 1. The number of carbonyl (C=O) groups is 1. The molecule has 1 aliphatic carbocycles. The fraction of sp³-hybridized carbons (Fsp3) is 0.537. The molecule has 6 heteroatoms. The standard InChI is InChI=1S/C22H28ClN.C14H20N2O.C5H13N/c1-3-18-13-19-6-4-5-7-20(19)14-21(18)15-24-16(2)12-17-8-10-22(23)11-9-17;1-12(14-6-4-3-5-7-14)15-8-10-16(11-9-15)13(2)17;1-4-6(3)5-2/h4-11,16,18,21,24H,3,12-15H2,1-2H3;3-7,12H,8-11H2,1-2H3;4-5H2,1-3H3/t16-,18?,21?;;/m0../s1. The van der Waals surface area contributed by atoms with E-state index in [0.29, 0.717) is 12.1 Å². The number of piperazine rings is 1. The summed E-state index contributed by atoms with van der Waals surface area (Å²) in [5.74, 6) is 1.74. The summed E-state index contributed by atoms with van der Waals surface area (Å²) in [4.78, 5) is 17.9. The van der Waals surface area contributed by atoms with E-state index in [4.69, 9.17) is 11.6 Å². The van der Waals surface area contributed by atoms with Crippen LogP contribution in [0.15, 0.2) is 78.9 Å². The maximum absolute atomic E-state index is 11.3. The summed E-state index contributed by atoms with van der Waals surface area (Å²) in [5, 5.41) is 4.59. The van der Waals surface area contributed by atoms with Gasteiger partial charge >= 0.3 is 0 Å². The van der Waals surface area contributed by atoms with Gasteiger partial charge in [-0.3, -0.25) is 9.69 Å². The number of amides is 1. The summed E-state index contributed by atoms with van der Waals surface area (Å²) >= 11 is 5.97. The Morgan fingerprint density at radius 1 is 0.830 bits per heavy atom. The molecule has 0 spiro atoms. The summed E-state index contributed by atoms with van der Waals surface area (Å²) in [5.41, 5.74) is 5.82. The molecule has 1 heterocycles. The molecule has 0 radical (unpaired) electrons. The summed E-state index contributed by atoms with van der Waals surface area (Å²) in [6, 6.07) is 28.7. The second-order valence-electron chi connectivity index (χ2n) is 13.4. The van der Waals surface area contributed by atoms with Crippen molar-refractivity contribution in [2.24, 2.45) is 11.8 Å². The summed E-state index contributed by atoms with van der Waals surface area (Å²) < 4.78 is 0. The molecule has 3 aromatic rings. The zero-order valence-electron chi connectivity index (χ0n) is 30.2. The highest BCUT2D eigenvalue weighted by atomic mass is 35.5. The minimum Gasteiger partial charge on any atom is -0.340 e. The first-order valence-electron chi connectivity index (χ1n) is 17.9. The van der Waals surface area contributed by atoms with Gasteiger partial charge in [0.15, 0.2) is 0 Å². The Morgan fingerprint density at radius 3 is 1.89 bits per heavy atom. The number of fused-ring (bicyclic) bond motifs is 1. The molecule has 0 aromatic heterocycles. The van der Waals surface area contributed by atoms with Crippen LogP contribution in [0.4, 0.5) is 0 Å². The van der Waals surface area contributed by atoms with Gasteiger partial charge in [0.1, 0.15) is 0 Å². The molecule has 1 fully saturated rings. The van der Waals surface area contributed by atoms with Crippen LogP contribution in [0.25, 0.3) is 0 Å². The third-order valence-corrected chi connectivity index (χ3v) is 10.4. The molecule has 1 saturated heterocycles. The monoisotopic (exact) mass is 660 g/mol. The Bertz CT molecular complexity index is 1290. The lowest BCUT2D eigenvalue weighted by molar-refractivity contribution is -0.130.